The number of aromatic nitrogens is 1. The normalized spacial score (nSPS) is 25.5. The second-order valence-electron chi connectivity index (χ2n) is 11.6. The standard InChI is InChI=1S/C24H37FN4O5SSi/c1-22(2,3)34-21(31)29(14-33-9-10-36(6,7)8)20-28-23(4,16-11-15(26)13-27-18(16)25)17-12-24(17,35-20)19(30)32-5/h11,13,17H,9-10,12,14,26H2,1-8H3. The van der Waals surface area contributed by atoms with Gasteiger partial charge in [0.2, 0.25) is 5.95 Å². The molecule has 1 aliphatic heterocycles. The second kappa shape index (κ2) is 9.94. The number of nitrogens with zero attached hydrogens (tertiary/aromatic N) is 3. The molecule has 2 heterocycles. The molecule has 2 aliphatic rings. The van der Waals surface area contributed by atoms with Crippen molar-refractivity contribution in [1.29, 1.82) is 0 Å². The van der Waals surface area contributed by atoms with E-state index in [2.05, 4.69) is 24.6 Å². The molecule has 3 unspecified atom stereocenters. The molecule has 9 nitrogen and oxygen atoms in total. The van der Waals surface area contributed by atoms with Crippen LogP contribution in [-0.2, 0) is 24.5 Å². The third-order valence-electron chi connectivity index (χ3n) is 6.19. The number of nitrogen functional groups attached to an aromatic ring is 1. The highest BCUT2D eigenvalue weighted by Crippen LogP contribution is 2.67. The molecule has 12 heteroatoms. The number of rotatable bonds is 7. The molecule has 1 fully saturated rings. The molecule has 0 saturated heterocycles. The highest BCUT2D eigenvalue weighted by atomic mass is 32.2. The topological polar surface area (TPSA) is 116 Å². The zero-order valence-corrected chi connectivity index (χ0v) is 24.1. The Kier molecular flexibility index (Phi) is 7.84. The van der Waals surface area contributed by atoms with Crippen molar-refractivity contribution < 1.29 is 28.2 Å². The first-order chi connectivity index (χ1) is 16.5. The summed E-state index contributed by atoms with van der Waals surface area (Å²) >= 11 is 1.13. The first kappa shape index (κ1) is 28.4. The number of thioether (sulfide) groups is 1. The number of hydrogen-bond donors (Lipinski definition) is 1. The molecule has 200 valence electrons. The number of anilines is 1. The number of ether oxygens (including phenoxy) is 3. The van der Waals surface area contributed by atoms with Crippen LogP contribution in [0.1, 0.15) is 39.7 Å². The highest BCUT2D eigenvalue weighted by molar-refractivity contribution is 8.15. The van der Waals surface area contributed by atoms with Crippen molar-refractivity contribution in [2.45, 2.75) is 75.7 Å². The number of aliphatic imine (C=N–C) groups is 1. The zero-order chi connectivity index (χ0) is 27.1. The van der Waals surface area contributed by atoms with E-state index in [-0.39, 0.29) is 29.1 Å². The van der Waals surface area contributed by atoms with Gasteiger partial charge >= 0.3 is 12.1 Å². The fourth-order valence-electron chi connectivity index (χ4n) is 4.13. The summed E-state index contributed by atoms with van der Waals surface area (Å²) in [5.41, 5.74) is 4.35. The average Bonchev–Trinajstić information content (AvgIpc) is 3.49. The molecule has 1 aromatic heterocycles. The molecule has 1 saturated carbocycles. The molecular formula is C24H37FN4O5SSi. The lowest BCUT2D eigenvalue weighted by Crippen LogP contribution is -2.47. The van der Waals surface area contributed by atoms with Gasteiger partial charge < -0.3 is 19.9 Å². The van der Waals surface area contributed by atoms with E-state index >= 15 is 0 Å². The molecule has 0 radical (unpaired) electrons. The van der Waals surface area contributed by atoms with Crippen molar-refractivity contribution in [3.8, 4) is 0 Å². The molecule has 0 spiro atoms. The molecule has 1 aliphatic carbocycles. The molecule has 1 aromatic rings. The van der Waals surface area contributed by atoms with Gasteiger partial charge in [0, 0.05) is 26.2 Å². The zero-order valence-electron chi connectivity index (χ0n) is 22.3. The molecule has 1 amide bonds. The summed E-state index contributed by atoms with van der Waals surface area (Å²) in [7, 11) is -0.0569. The Hall–Kier alpha value is -2.18. The summed E-state index contributed by atoms with van der Waals surface area (Å²) in [5.74, 6) is -1.57. The van der Waals surface area contributed by atoms with Crippen LogP contribution in [0.25, 0.3) is 0 Å². The molecule has 3 atom stereocenters. The number of esters is 1. The monoisotopic (exact) mass is 540 g/mol. The molecule has 0 bridgehead atoms. The van der Waals surface area contributed by atoms with Crippen molar-refractivity contribution in [3.05, 3.63) is 23.8 Å². The van der Waals surface area contributed by atoms with Gasteiger partial charge in [-0.25, -0.2) is 14.7 Å². The van der Waals surface area contributed by atoms with Gasteiger partial charge in [0.15, 0.2) is 5.17 Å². The third-order valence-corrected chi connectivity index (χ3v) is 9.37. The number of hydrogen-bond acceptors (Lipinski definition) is 9. The maximum absolute atomic E-state index is 15.0. The Labute approximate surface area is 217 Å². The molecule has 3 rings (SSSR count). The van der Waals surface area contributed by atoms with Crippen LogP contribution in [0.2, 0.25) is 25.7 Å². The highest BCUT2D eigenvalue weighted by Gasteiger charge is 2.72. The van der Waals surface area contributed by atoms with Gasteiger partial charge in [0.25, 0.3) is 0 Å². The van der Waals surface area contributed by atoms with E-state index in [9.17, 15) is 14.0 Å². The van der Waals surface area contributed by atoms with Crippen LogP contribution in [0.15, 0.2) is 17.3 Å². The van der Waals surface area contributed by atoms with E-state index in [1.807, 2.05) is 0 Å². The first-order valence-electron chi connectivity index (χ1n) is 11.9. The summed E-state index contributed by atoms with van der Waals surface area (Å²) in [6.45, 7) is 14.0. The Morgan fingerprint density at radius 1 is 1.33 bits per heavy atom. The Morgan fingerprint density at radius 3 is 2.58 bits per heavy atom. The number of amides is 1. The van der Waals surface area contributed by atoms with Gasteiger partial charge in [-0.15, -0.1) is 0 Å². The number of pyridine rings is 1. The maximum atomic E-state index is 15.0. The number of carbonyl (C=O) groups is 2. The summed E-state index contributed by atoms with van der Waals surface area (Å²) in [6.07, 6.45) is 0.944. The molecule has 2 N–H and O–H groups in total. The Balaban J connectivity index is 2.05. The fraction of sp³-hybridized carbons (Fsp3) is 0.667. The predicted octanol–water partition coefficient (Wildman–Crippen LogP) is 4.60. The third kappa shape index (κ3) is 6.03. The van der Waals surface area contributed by atoms with Crippen LogP contribution >= 0.6 is 11.8 Å². The van der Waals surface area contributed by atoms with E-state index in [0.717, 1.165) is 17.8 Å². The minimum atomic E-state index is -1.37. The Bertz CT molecular complexity index is 1060. The SMILES string of the molecule is COC(=O)C12CC1C(C)(c1cc(N)cnc1F)N=C(N(COCC[Si](C)(C)C)C(=O)OC(C)(C)C)S2. The molecule has 36 heavy (non-hydrogen) atoms. The quantitative estimate of drug-likeness (QED) is 0.175. The number of halogens is 1. The van der Waals surface area contributed by atoms with Crippen molar-refractivity contribution >= 4 is 42.8 Å². The van der Waals surface area contributed by atoms with Crippen molar-refractivity contribution in [2.24, 2.45) is 10.9 Å². The lowest BCUT2D eigenvalue weighted by Gasteiger charge is -2.37. The number of amidine groups is 1. The summed E-state index contributed by atoms with van der Waals surface area (Å²) in [5, 5.41) is 0.195. The van der Waals surface area contributed by atoms with Crippen LogP contribution in [-0.4, -0.2) is 66.0 Å². The number of fused-ring (bicyclic) bond motifs is 1. The molecule has 0 aromatic carbocycles. The van der Waals surface area contributed by atoms with E-state index in [4.69, 9.17) is 24.9 Å². The van der Waals surface area contributed by atoms with Crippen molar-refractivity contribution in [2.75, 3.05) is 26.2 Å². The van der Waals surface area contributed by atoms with Crippen LogP contribution < -0.4 is 5.73 Å². The van der Waals surface area contributed by atoms with Gasteiger partial charge in [-0.3, -0.25) is 9.79 Å². The number of carbonyl (C=O) groups excluding carboxylic acids is 2. The summed E-state index contributed by atoms with van der Waals surface area (Å²) < 4.78 is 30.6. The van der Waals surface area contributed by atoms with Crippen LogP contribution in [0.3, 0.4) is 0 Å². The van der Waals surface area contributed by atoms with Gasteiger partial charge in [0.1, 0.15) is 17.1 Å². The van der Waals surface area contributed by atoms with E-state index in [0.29, 0.717) is 13.0 Å². The second-order valence-corrected chi connectivity index (χ2v) is 18.6. The van der Waals surface area contributed by atoms with Gasteiger partial charge in [0.05, 0.1) is 24.5 Å². The van der Waals surface area contributed by atoms with Gasteiger partial charge in [-0.2, -0.15) is 4.39 Å². The predicted molar refractivity (Wildman–Crippen MR) is 141 cm³/mol. The smallest absolute Gasteiger partial charge is 0.418 e. The van der Waals surface area contributed by atoms with Crippen LogP contribution in [0, 0.1) is 11.9 Å². The summed E-state index contributed by atoms with van der Waals surface area (Å²) in [6, 6.07) is 2.38. The Morgan fingerprint density at radius 2 is 2.00 bits per heavy atom. The van der Waals surface area contributed by atoms with Crippen molar-refractivity contribution in [3.63, 3.8) is 0 Å². The van der Waals surface area contributed by atoms with Crippen molar-refractivity contribution in [1.82, 2.24) is 9.88 Å². The van der Waals surface area contributed by atoms with E-state index in [1.165, 1.54) is 24.3 Å². The largest absolute Gasteiger partial charge is 0.468 e. The number of nitrogens with two attached hydrogens (primary N) is 1. The minimum Gasteiger partial charge on any atom is -0.468 e. The fourth-order valence-corrected chi connectivity index (χ4v) is 6.48. The average molecular weight is 541 g/mol. The van der Waals surface area contributed by atoms with Crippen LogP contribution in [0.5, 0.6) is 0 Å². The lowest BCUT2D eigenvalue weighted by atomic mass is 9.86. The van der Waals surface area contributed by atoms with E-state index < -0.39 is 42.0 Å². The number of methoxy groups -OCH3 is 1. The van der Waals surface area contributed by atoms with Gasteiger partial charge in [-0.05, 0) is 46.2 Å². The van der Waals surface area contributed by atoms with Crippen LogP contribution in [0.4, 0.5) is 14.9 Å². The summed E-state index contributed by atoms with van der Waals surface area (Å²) in [4.78, 5) is 36.1. The minimum absolute atomic E-state index is 0.124. The molecular weight excluding hydrogens is 503 g/mol. The van der Waals surface area contributed by atoms with E-state index in [1.54, 1.807) is 27.7 Å². The lowest BCUT2D eigenvalue weighted by molar-refractivity contribution is -0.141. The van der Waals surface area contributed by atoms with Gasteiger partial charge in [-0.1, -0.05) is 31.4 Å². The maximum Gasteiger partial charge on any atom is 0.418 e. The first-order valence-corrected chi connectivity index (χ1v) is 16.4.